The number of ether oxygens (including phenoxy) is 2. The third kappa shape index (κ3) is 3.22. The van der Waals surface area contributed by atoms with Gasteiger partial charge in [-0.1, -0.05) is 11.3 Å². The zero-order chi connectivity index (χ0) is 14.7. The van der Waals surface area contributed by atoms with Gasteiger partial charge in [-0.25, -0.2) is 0 Å². The highest BCUT2D eigenvalue weighted by atomic mass is 32.1. The van der Waals surface area contributed by atoms with E-state index in [4.69, 9.17) is 15.2 Å². The van der Waals surface area contributed by atoms with E-state index in [1.165, 1.54) is 11.3 Å². The van der Waals surface area contributed by atoms with Crippen LogP contribution in [0.5, 0.6) is 11.5 Å². The van der Waals surface area contributed by atoms with Crippen molar-refractivity contribution in [3.8, 4) is 11.5 Å². The van der Waals surface area contributed by atoms with Gasteiger partial charge in [0.1, 0.15) is 5.01 Å². The summed E-state index contributed by atoms with van der Waals surface area (Å²) >= 11 is 1.37. The number of hydrogen-bond acceptors (Lipinski definition) is 7. The Morgan fingerprint density at radius 1 is 1.33 bits per heavy atom. The molecule has 0 atom stereocenters. The molecule has 0 fully saturated rings. The number of aromatic nitrogens is 2. The molecule has 3 rings (SSSR count). The molecule has 1 aliphatic heterocycles. The molecule has 0 aliphatic carbocycles. The number of carbonyl (C=O) groups excluding carboxylic acids is 1. The molecule has 2 aromatic rings. The predicted octanol–water partition coefficient (Wildman–Crippen LogP) is 1.21. The normalized spacial score (nSPS) is 12.4. The van der Waals surface area contributed by atoms with Crippen LogP contribution in [0.3, 0.4) is 0 Å². The number of anilines is 1. The number of carbonyl (C=O) groups is 1. The fourth-order valence-corrected chi connectivity index (χ4v) is 2.60. The highest BCUT2D eigenvalue weighted by molar-refractivity contribution is 7.15. The minimum atomic E-state index is -0.134. The van der Waals surface area contributed by atoms with Gasteiger partial charge in [-0.2, -0.15) is 0 Å². The van der Waals surface area contributed by atoms with Gasteiger partial charge in [0.05, 0.1) is 0 Å². The maximum Gasteiger partial charge on any atom is 0.251 e. The summed E-state index contributed by atoms with van der Waals surface area (Å²) in [5.41, 5.74) is 6.06. The fourth-order valence-electron chi connectivity index (χ4n) is 1.95. The van der Waals surface area contributed by atoms with Crippen molar-refractivity contribution in [2.24, 2.45) is 0 Å². The van der Waals surface area contributed by atoms with Crippen LogP contribution in [0.15, 0.2) is 18.2 Å². The number of rotatable bonds is 5. The number of amides is 1. The Kier molecular flexibility index (Phi) is 3.87. The molecule has 0 saturated heterocycles. The van der Waals surface area contributed by atoms with Gasteiger partial charge in [0.15, 0.2) is 11.5 Å². The second-order valence-electron chi connectivity index (χ2n) is 4.46. The van der Waals surface area contributed by atoms with E-state index in [1.807, 2.05) is 0 Å². The Hall–Kier alpha value is -2.35. The fraction of sp³-hybridized carbons (Fsp3) is 0.308. The number of nitrogens with one attached hydrogen (secondary N) is 1. The van der Waals surface area contributed by atoms with Crippen LogP contribution in [0.1, 0.15) is 21.8 Å². The van der Waals surface area contributed by atoms with Crippen molar-refractivity contribution in [2.75, 3.05) is 19.1 Å². The average Bonchev–Trinajstić information content (AvgIpc) is 3.11. The first-order chi connectivity index (χ1) is 10.2. The van der Waals surface area contributed by atoms with Crippen molar-refractivity contribution in [3.63, 3.8) is 0 Å². The van der Waals surface area contributed by atoms with Gasteiger partial charge < -0.3 is 20.5 Å². The maximum atomic E-state index is 12.0. The Bertz CT molecular complexity index is 659. The van der Waals surface area contributed by atoms with Crippen LogP contribution in [-0.2, 0) is 6.42 Å². The number of nitrogens with two attached hydrogens (primary N) is 1. The van der Waals surface area contributed by atoms with Crippen LogP contribution < -0.4 is 20.5 Å². The lowest BCUT2D eigenvalue weighted by Gasteiger charge is -2.05. The lowest BCUT2D eigenvalue weighted by atomic mass is 10.2. The standard InChI is InChI=1S/C13H14N4O3S/c14-13-17-16-11(21-13)2-1-5-15-12(18)8-3-4-9-10(6-8)20-7-19-9/h3-4,6H,1-2,5,7H2,(H2,14,17)(H,15,18). The lowest BCUT2D eigenvalue weighted by molar-refractivity contribution is 0.0952. The molecule has 110 valence electrons. The number of benzene rings is 1. The van der Waals surface area contributed by atoms with Crippen molar-refractivity contribution in [1.82, 2.24) is 15.5 Å². The quantitative estimate of drug-likeness (QED) is 0.806. The number of hydrogen-bond donors (Lipinski definition) is 2. The summed E-state index contributed by atoms with van der Waals surface area (Å²) in [6.07, 6.45) is 1.53. The summed E-state index contributed by atoms with van der Waals surface area (Å²) in [6.45, 7) is 0.762. The first-order valence-corrected chi connectivity index (χ1v) is 7.30. The second-order valence-corrected chi connectivity index (χ2v) is 5.56. The summed E-state index contributed by atoms with van der Waals surface area (Å²) < 4.78 is 10.5. The van der Waals surface area contributed by atoms with Crippen molar-refractivity contribution >= 4 is 22.4 Å². The summed E-state index contributed by atoms with van der Waals surface area (Å²) in [5.74, 6) is 1.14. The molecule has 1 aliphatic rings. The van der Waals surface area contributed by atoms with Crippen LogP contribution in [0.2, 0.25) is 0 Å². The molecular weight excluding hydrogens is 292 g/mol. The van der Waals surface area contributed by atoms with Gasteiger partial charge >= 0.3 is 0 Å². The number of nitrogens with zero attached hydrogens (tertiary/aromatic N) is 2. The van der Waals surface area contributed by atoms with Crippen molar-refractivity contribution < 1.29 is 14.3 Å². The summed E-state index contributed by atoms with van der Waals surface area (Å²) in [5, 5.41) is 11.9. The van der Waals surface area contributed by atoms with Crippen LogP contribution in [0, 0.1) is 0 Å². The van der Waals surface area contributed by atoms with E-state index in [1.54, 1.807) is 18.2 Å². The average molecular weight is 306 g/mol. The first kappa shape index (κ1) is 13.6. The molecule has 0 spiro atoms. The zero-order valence-corrected chi connectivity index (χ0v) is 12.0. The van der Waals surface area contributed by atoms with Crippen molar-refractivity contribution in [1.29, 1.82) is 0 Å². The van der Waals surface area contributed by atoms with Crippen molar-refractivity contribution in [2.45, 2.75) is 12.8 Å². The highest BCUT2D eigenvalue weighted by Gasteiger charge is 2.15. The van der Waals surface area contributed by atoms with E-state index < -0.39 is 0 Å². The molecule has 0 bridgehead atoms. The largest absolute Gasteiger partial charge is 0.454 e. The molecule has 7 nitrogen and oxygen atoms in total. The predicted molar refractivity (Wildman–Crippen MR) is 77.5 cm³/mol. The minimum absolute atomic E-state index is 0.134. The molecule has 1 amide bonds. The van der Waals surface area contributed by atoms with Gasteiger partial charge in [0, 0.05) is 18.5 Å². The third-order valence-electron chi connectivity index (χ3n) is 2.97. The molecule has 2 heterocycles. The molecule has 0 unspecified atom stereocenters. The van der Waals surface area contributed by atoms with E-state index in [2.05, 4.69) is 15.5 Å². The van der Waals surface area contributed by atoms with Gasteiger partial charge in [-0.3, -0.25) is 4.79 Å². The van der Waals surface area contributed by atoms with E-state index in [0.717, 1.165) is 17.8 Å². The summed E-state index contributed by atoms with van der Waals surface area (Å²) in [4.78, 5) is 12.0. The Morgan fingerprint density at radius 2 is 2.19 bits per heavy atom. The molecule has 1 aromatic carbocycles. The third-order valence-corrected chi connectivity index (χ3v) is 3.78. The molecule has 21 heavy (non-hydrogen) atoms. The van der Waals surface area contributed by atoms with Gasteiger partial charge in [-0.15, -0.1) is 10.2 Å². The van der Waals surface area contributed by atoms with E-state index in [9.17, 15) is 4.79 Å². The maximum absolute atomic E-state index is 12.0. The van der Waals surface area contributed by atoms with Gasteiger partial charge in [-0.05, 0) is 24.6 Å². The highest BCUT2D eigenvalue weighted by Crippen LogP contribution is 2.32. The molecule has 8 heteroatoms. The second kappa shape index (κ2) is 5.96. The molecule has 3 N–H and O–H groups in total. The first-order valence-electron chi connectivity index (χ1n) is 6.48. The number of fused-ring (bicyclic) bond motifs is 1. The molecular formula is C13H14N4O3S. The van der Waals surface area contributed by atoms with Gasteiger partial charge in [0.2, 0.25) is 11.9 Å². The van der Waals surface area contributed by atoms with Crippen LogP contribution in [0.4, 0.5) is 5.13 Å². The smallest absolute Gasteiger partial charge is 0.251 e. The van der Waals surface area contributed by atoms with Gasteiger partial charge in [0.25, 0.3) is 5.91 Å². The molecule has 0 saturated carbocycles. The monoisotopic (exact) mass is 306 g/mol. The Labute approximate surface area is 125 Å². The van der Waals surface area contributed by atoms with Crippen molar-refractivity contribution in [3.05, 3.63) is 28.8 Å². The topological polar surface area (TPSA) is 99.4 Å². The SMILES string of the molecule is Nc1nnc(CCCNC(=O)c2ccc3c(c2)OCO3)s1. The minimum Gasteiger partial charge on any atom is -0.454 e. The van der Waals surface area contributed by atoms with E-state index in [0.29, 0.717) is 28.7 Å². The zero-order valence-electron chi connectivity index (χ0n) is 11.2. The Balaban J connectivity index is 1.48. The van der Waals surface area contributed by atoms with Crippen LogP contribution in [-0.4, -0.2) is 29.4 Å². The number of aryl methyl sites for hydroxylation is 1. The lowest BCUT2D eigenvalue weighted by Crippen LogP contribution is -2.24. The summed E-state index contributed by atoms with van der Waals surface area (Å²) in [6, 6.07) is 5.14. The van der Waals surface area contributed by atoms with Crippen LogP contribution >= 0.6 is 11.3 Å². The summed E-state index contributed by atoms with van der Waals surface area (Å²) in [7, 11) is 0. The molecule has 1 aromatic heterocycles. The van der Waals surface area contributed by atoms with Crippen LogP contribution in [0.25, 0.3) is 0 Å². The molecule has 0 radical (unpaired) electrons. The Morgan fingerprint density at radius 3 is 3.00 bits per heavy atom. The van der Waals surface area contributed by atoms with E-state index >= 15 is 0 Å². The van der Waals surface area contributed by atoms with E-state index in [-0.39, 0.29) is 12.7 Å². The number of nitrogen functional groups attached to an aromatic ring is 1.